The summed E-state index contributed by atoms with van der Waals surface area (Å²) in [6, 6.07) is 14.7. The molecule has 0 aliphatic carbocycles. The van der Waals surface area contributed by atoms with Gasteiger partial charge in [-0.05, 0) is 17.7 Å². The number of ether oxygens (including phenoxy) is 2. The molecule has 2 aromatic carbocycles. The van der Waals surface area contributed by atoms with Gasteiger partial charge in [-0.2, -0.15) is 0 Å². The summed E-state index contributed by atoms with van der Waals surface area (Å²) in [5.41, 5.74) is -0.707. The second kappa shape index (κ2) is 6.87. The van der Waals surface area contributed by atoms with Gasteiger partial charge < -0.3 is 14.6 Å². The van der Waals surface area contributed by atoms with Gasteiger partial charge in [0.05, 0.1) is 0 Å². The minimum absolute atomic E-state index is 0.0152. The highest BCUT2D eigenvalue weighted by atomic mass is 19.4. The average Bonchev–Trinajstić information content (AvgIpc) is 2.47. The van der Waals surface area contributed by atoms with Crippen molar-refractivity contribution in [1.82, 2.24) is 0 Å². The maximum absolute atomic E-state index is 12.6. The second-order valence-electron chi connectivity index (χ2n) is 4.30. The largest absolute Gasteiger partial charge is 0.575 e. The van der Waals surface area contributed by atoms with E-state index in [9.17, 15) is 23.1 Å². The molecule has 0 spiro atoms. The van der Waals surface area contributed by atoms with Crippen molar-refractivity contribution in [1.29, 1.82) is 0 Å². The molecule has 0 bridgehead atoms. The van der Waals surface area contributed by atoms with Crippen LogP contribution >= 0.6 is 0 Å². The first kappa shape index (κ1) is 16.4. The first-order chi connectivity index (χ1) is 10.9. The number of halogens is 3. The SMILES string of the molecule is O=C(O)C(=C(Oc1ccccc1)OC(F)(F)F)c1ccccc1. The highest BCUT2D eigenvalue weighted by Crippen LogP contribution is 2.29. The molecule has 1 N–H and O–H groups in total. The van der Waals surface area contributed by atoms with Crippen LogP contribution in [0.15, 0.2) is 66.6 Å². The average molecular weight is 324 g/mol. The molecule has 0 aromatic heterocycles. The number of carbonyl (C=O) groups is 1. The lowest BCUT2D eigenvalue weighted by atomic mass is 10.1. The molecule has 0 unspecified atom stereocenters. The van der Waals surface area contributed by atoms with Crippen LogP contribution in [0.3, 0.4) is 0 Å². The zero-order valence-corrected chi connectivity index (χ0v) is 11.6. The zero-order valence-electron chi connectivity index (χ0n) is 11.6. The summed E-state index contributed by atoms with van der Waals surface area (Å²) in [7, 11) is 0. The molecular formula is C16H11F3O4. The maximum atomic E-state index is 12.6. The Bertz CT molecular complexity index is 694. The lowest BCUT2D eigenvalue weighted by Crippen LogP contribution is -2.19. The van der Waals surface area contributed by atoms with Crippen molar-refractivity contribution >= 4 is 11.5 Å². The van der Waals surface area contributed by atoms with Gasteiger partial charge >= 0.3 is 18.3 Å². The number of alkyl halides is 3. The topological polar surface area (TPSA) is 55.8 Å². The Kier molecular flexibility index (Phi) is 4.90. The number of carboxylic acid groups (broad SMARTS) is 1. The molecule has 2 aromatic rings. The van der Waals surface area contributed by atoms with Crippen molar-refractivity contribution in [2.24, 2.45) is 0 Å². The number of rotatable bonds is 5. The molecule has 0 aliphatic rings. The van der Waals surface area contributed by atoms with E-state index < -0.39 is 23.8 Å². The number of hydrogen-bond acceptors (Lipinski definition) is 3. The van der Waals surface area contributed by atoms with E-state index in [2.05, 4.69) is 4.74 Å². The molecule has 7 heteroatoms. The number of aliphatic carboxylic acids is 1. The van der Waals surface area contributed by atoms with Gasteiger partial charge in [-0.3, -0.25) is 0 Å². The molecule has 2 rings (SSSR count). The predicted molar refractivity (Wildman–Crippen MR) is 75.2 cm³/mol. The predicted octanol–water partition coefficient (Wildman–Crippen LogP) is 4.06. The van der Waals surface area contributed by atoms with E-state index in [1.807, 2.05) is 0 Å². The fourth-order valence-electron chi connectivity index (χ4n) is 1.76. The van der Waals surface area contributed by atoms with E-state index in [0.717, 1.165) is 0 Å². The van der Waals surface area contributed by atoms with Gasteiger partial charge in [0.25, 0.3) is 0 Å². The van der Waals surface area contributed by atoms with Gasteiger partial charge in [0.15, 0.2) is 0 Å². The maximum Gasteiger partial charge on any atom is 0.575 e. The summed E-state index contributed by atoms with van der Waals surface area (Å²) in [6.07, 6.45) is -5.10. The van der Waals surface area contributed by atoms with Crippen LogP contribution in [0.1, 0.15) is 5.56 Å². The lowest BCUT2D eigenvalue weighted by Gasteiger charge is -2.16. The third-order valence-corrected chi connectivity index (χ3v) is 2.64. The fourth-order valence-corrected chi connectivity index (χ4v) is 1.76. The smallest absolute Gasteiger partial charge is 0.477 e. The van der Waals surface area contributed by atoms with Gasteiger partial charge in [-0.1, -0.05) is 48.5 Å². The van der Waals surface area contributed by atoms with Crippen LogP contribution in [0.25, 0.3) is 5.57 Å². The van der Waals surface area contributed by atoms with E-state index in [-0.39, 0.29) is 11.3 Å². The molecular weight excluding hydrogens is 313 g/mol. The Morgan fingerprint density at radius 3 is 1.91 bits per heavy atom. The van der Waals surface area contributed by atoms with Crippen LogP contribution in [-0.2, 0) is 9.53 Å². The summed E-state index contributed by atoms with van der Waals surface area (Å²) < 4.78 is 46.7. The van der Waals surface area contributed by atoms with Crippen molar-refractivity contribution in [3.05, 3.63) is 72.2 Å². The van der Waals surface area contributed by atoms with Crippen LogP contribution < -0.4 is 4.74 Å². The Morgan fingerprint density at radius 1 is 0.913 bits per heavy atom. The van der Waals surface area contributed by atoms with Gasteiger partial charge in [0.2, 0.25) is 0 Å². The van der Waals surface area contributed by atoms with Crippen LogP contribution in [0.5, 0.6) is 5.75 Å². The van der Waals surface area contributed by atoms with Crippen molar-refractivity contribution in [2.75, 3.05) is 0 Å². The normalized spacial score (nSPS) is 12.3. The Balaban J connectivity index is 2.53. The fraction of sp³-hybridized carbons (Fsp3) is 0.0625. The number of hydrogen-bond donors (Lipinski definition) is 1. The molecule has 0 fully saturated rings. The molecule has 0 saturated carbocycles. The Morgan fingerprint density at radius 2 is 1.43 bits per heavy atom. The third-order valence-electron chi connectivity index (χ3n) is 2.64. The van der Waals surface area contributed by atoms with E-state index in [1.165, 1.54) is 48.5 Å². The van der Waals surface area contributed by atoms with Crippen molar-refractivity contribution in [3.63, 3.8) is 0 Å². The number of benzene rings is 2. The minimum Gasteiger partial charge on any atom is -0.477 e. The summed E-state index contributed by atoms with van der Waals surface area (Å²) in [5, 5.41) is 9.29. The first-order valence-electron chi connectivity index (χ1n) is 6.38. The van der Waals surface area contributed by atoms with Gasteiger partial charge in [-0.15, -0.1) is 13.2 Å². The van der Waals surface area contributed by atoms with Crippen molar-refractivity contribution in [3.8, 4) is 5.75 Å². The number of para-hydroxylation sites is 1. The quantitative estimate of drug-likeness (QED) is 0.666. The monoisotopic (exact) mass is 324 g/mol. The van der Waals surface area contributed by atoms with Crippen molar-refractivity contribution in [2.45, 2.75) is 6.36 Å². The summed E-state index contributed by atoms with van der Waals surface area (Å²) in [5.74, 6) is -2.74. The van der Waals surface area contributed by atoms with Gasteiger partial charge in [-0.25, -0.2) is 4.79 Å². The number of carboxylic acids is 1. The second-order valence-corrected chi connectivity index (χ2v) is 4.30. The molecule has 0 radical (unpaired) electrons. The van der Waals surface area contributed by atoms with Gasteiger partial charge in [0.1, 0.15) is 11.3 Å². The molecule has 4 nitrogen and oxygen atoms in total. The van der Waals surface area contributed by atoms with Crippen LogP contribution in [0, 0.1) is 0 Å². The molecule has 120 valence electrons. The van der Waals surface area contributed by atoms with E-state index in [1.54, 1.807) is 12.1 Å². The molecule has 0 saturated heterocycles. The van der Waals surface area contributed by atoms with Crippen molar-refractivity contribution < 1.29 is 32.5 Å². The van der Waals surface area contributed by atoms with E-state index in [4.69, 9.17) is 4.74 Å². The highest BCUT2D eigenvalue weighted by molar-refractivity contribution is 6.15. The molecule has 0 heterocycles. The molecule has 0 aliphatic heterocycles. The van der Waals surface area contributed by atoms with Gasteiger partial charge in [0, 0.05) is 0 Å². The van der Waals surface area contributed by atoms with Crippen LogP contribution in [0.2, 0.25) is 0 Å². The third kappa shape index (κ3) is 4.77. The molecule has 23 heavy (non-hydrogen) atoms. The summed E-state index contributed by atoms with van der Waals surface area (Å²) >= 11 is 0. The van der Waals surface area contributed by atoms with E-state index in [0.29, 0.717) is 0 Å². The molecule has 0 amide bonds. The van der Waals surface area contributed by atoms with Crippen LogP contribution in [0.4, 0.5) is 13.2 Å². The zero-order chi connectivity index (χ0) is 16.9. The first-order valence-corrected chi connectivity index (χ1v) is 6.38. The minimum atomic E-state index is -5.10. The Labute approximate surface area is 129 Å². The van der Waals surface area contributed by atoms with Crippen LogP contribution in [-0.4, -0.2) is 17.4 Å². The standard InChI is InChI=1S/C16H11F3O4/c17-16(18,19)23-15(22-12-9-5-2-6-10-12)13(14(20)21)11-7-3-1-4-8-11/h1-10H,(H,20,21). The Hall–Kier alpha value is -2.96. The van der Waals surface area contributed by atoms with E-state index >= 15 is 0 Å². The highest BCUT2D eigenvalue weighted by Gasteiger charge is 2.36. The lowest BCUT2D eigenvalue weighted by molar-refractivity contribution is -0.316. The summed E-state index contributed by atoms with van der Waals surface area (Å²) in [6.45, 7) is 0. The summed E-state index contributed by atoms with van der Waals surface area (Å²) in [4.78, 5) is 11.4. The molecule has 0 atom stereocenters.